The quantitative estimate of drug-likeness (QED) is 0.843. The van der Waals surface area contributed by atoms with E-state index in [0.29, 0.717) is 6.61 Å². The van der Waals surface area contributed by atoms with Gasteiger partial charge in [0.25, 0.3) is 0 Å². The third-order valence-electron chi connectivity index (χ3n) is 2.71. The summed E-state index contributed by atoms with van der Waals surface area (Å²) in [6.07, 6.45) is 3.59. The molecule has 0 radical (unpaired) electrons. The number of benzene rings is 1. The van der Waals surface area contributed by atoms with Crippen molar-refractivity contribution in [3.8, 4) is 5.75 Å². The molecule has 0 aliphatic heterocycles. The highest BCUT2D eigenvalue weighted by atomic mass is 35.5. The Kier molecular flexibility index (Phi) is 6.09. The zero-order valence-corrected chi connectivity index (χ0v) is 11.2. The molecule has 0 spiro atoms. The average Bonchev–Trinajstić information content (AvgIpc) is 2.32. The fourth-order valence-corrected chi connectivity index (χ4v) is 1.75. The molecule has 17 heavy (non-hydrogen) atoms. The molecule has 3 heteroatoms. The number of hydrogen-bond acceptors (Lipinski definition) is 2. The van der Waals surface area contributed by atoms with Gasteiger partial charge in [0.05, 0.1) is 0 Å². The Morgan fingerprint density at radius 1 is 1.47 bits per heavy atom. The van der Waals surface area contributed by atoms with Gasteiger partial charge < -0.3 is 10.5 Å². The minimum absolute atomic E-state index is 0.183. The molecule has 0 saturated heterocycles. The lowest BCUT2D eigenvalue weighted by molar-refractivity contribution is 0.355. The van der Waals surface area contributed by atoms with Gasteiger partial charge in [0, 0.05) is 11.6 Å². The van der Waals surface area contributed by atoms with Gasteiger partial charge >= 0.3 is 0 Å². The van der Waals surface area contributed by atoms with E-state index in [9.17, 15) is 0 Å². The summed E-state index contributed by atoms with van der Waals surface area (Å²) >= 11 is 5.47. The highest BCUT2D eigenvalue weighted by Gasteiger charge is 2.09. The fourth-order valence-electron chi connectivity index (χ4n) is 1.68. The molecule has 0 amide bonds. The van der Waals surface area contributed by atoms with Crippen LogP contribution in [0.3, 0.4) is 0 Å². The van der Waals surface area contributed by atoms with Crippen LogP contribution in [0.1, 0.15) is 24.5 Å². The third kappa shape index (κ3) is 4.41. The van der Waals surface area contributed by atoms with Crippen LogP contribution in [-0.2, 0) is 6.42 Å². The van der Waals surface area contributed by atoms with Gasteiger partial charge in [-0.2, -0.15) is 0 Å². The molecule has 0 aromatic heterocycles. The number of halogens is 1. The maximum Gasteiger partial charge on any atom is 0.125 e. The van der Waals surface area contributed by atoms with Gasteiger partial charge in [0.15, 0.2) is 0 Å². The molecule has 2 N–H and O–H groups in total. The lowest BCUT2D eigenvalue weighted by Crippen LogP contribution is -2.21. The van der Waals surface area contributed by atoms with Crippen LogP contribution < -0.4 is 10.5 Å². The maximum absolute atomic E-state index is 5.99. The number of ether oxygens (including phenoxy) is 1. The Morgan fingerprint density at radius 2 is 2.24 bits per heavy atom. The van der Waals surface area contributed by atoms with Gasteiger partial charge in [0.1, 0.15) is 12.4 Å². The second-order valence-electron chi connectivity index (χ2n) is 4.11. The van der Waals surface area contributed by atoms with Crippen LogP contribution in [0, 0.1) is 6.92 Å². The molecule has 1 atom stereocenters. The van der Waals surface area contributed by atoms with Crippen molar-refractivity contribution < 1.29 is 4.74 Å². The minimum atomic E-state index is 0.183. The number of aryl methyl sites for hydroxylation is 1. The molecule has 0 saturated carbocycles. The molecule has 1 aromatic carbocycles. The topological polar surface area (TPSA) is 35.2 Å². The minimum Gasteiger partial charge on any atom is -0.489 e. The summed E-state index contributed by atoms with van der Waals surface area (Å²) in [7, 11) is 0. The van der Waals surface area contributed by atoms with E-state index >= 15 is 0 Å². The van der Waals surface area contributed by atoms with Crippen molar-refractivity contribution in [3.63, 3.8) is 0 Å². The zero-order valence-electron chi connectivity index (χ0n) is 10.4. The first-order valence-electron chi connectivity index (χ1n) is 5.91. The Balaban J connectivity index is 2.83. The maximum atomic E-state index is 5.99. The standard InChI is InChI=1S/C14H20ClNO/c1-3-13(16)10-12-7-4-6-11(2)14(12)17-9-5-8-15/h4-8,13H,3,9-10,16H2,1-2H3/b8-5+. The normalized spacial score (nSPS) is 12.9. The molecule has 0 aliphatic rings. The first-order valence-corrected chi connectivity index (χ1v) is 6.34. The van der Waals surface area contributed by atoms with E-state index in [-0.39, 0.29) is 6.04 Å². The average molecular weight is 254 g/mol. The van der Waals surface area contributed by atoms with E-state index < -0.39 is 0 Å². The van der Waals surface area contributed by atoms with Crippen molar-refractivity contribution >= 4 is 11.6 Å². The fraction of sp³-hybridized carbons (Fsp3) is 0.429. The first-order chi connectivity index (χ1) is 8.19. The monoisotopic (exact) mass is 253 g/mol. The van der Waals surface area contributed by atoms with Crippen molar-refractivity contribution in [2.75, 3.05) is 6.61 Å². The molecular formula is C14H20ClNO. The van der Waals surface area contributed by atoms with Crippen LogP contribution in [-0.4, -0.2) is 12.6 Å². The van der Waals surface area contributed by atoms with Gasteiger partial charge in [-0.15, -0.1) is 0 Å². The summed E-state index contributed by atoms with van der Waals surface area (Å²) in [5, 5.41) is 0. The second kappa shape index (κ2) is 7.36. The van der Waals surface area contributed by atoms with E-state index in [4.69, 9.17) is 22.1 Å². The van der Waals surface area contributed by atoms with Crippen molar-refractivity contribution in [3.05, 3.63) is 40.9 Å². The lowest BCUT2D eigenvalue weighted by atomic mass is 10.0. The number of hydrogen-bond donors (Lipinski definition) is 1. The molecule has 1 aromatic rings. The summed E-state index contributed by atoms with van der Waals surface area (Å²) in [6.45, 7) is 4.63. The third-order valence-corrected chi connectivity index (χ3v) is 2.89. The van der Waals surface area contributed by atoms with Gasteiger partial charge in [-0.1, -0.05) is 36.7 Å². The SMILES string of the molecule is CCC(N)Cc1cccc(C)c1OC/C=C/Cl. The van der Waals surface area contributed by atoms with E-state index in [2.05, 4.69) is 13.0 Å². The molecule has 0 aliphatic carbocycles. The Bertz CT molecular complexity index is 376. The van der Waals surface area contributed by atoms with Crippen LogP contribution in [0.2, 0.25) is 0 Å². The second-order valence-corrected chi connectivity index (χ2v) is 4.36. The van der Waals surface area contributed by atoms with Crippen LogP contribution in [0.5, 0.6) is 5.75 Å². The van der Waals surface area contributed by atoms with Gasteiger partial charge in [-0.05, 0) is 37.0 Å². The first kappa shape index (κ1) is 14.1. The summed E-state index contributed by atoms with van der Waals surface area (Å²) in [4.78, 5) is 0. The van der Waals surface area contributed by atoms with Crippen LogP contribution >= 0.6 is 11.6 Å². The number of rotatable bonds is 6. The van der Waals surface area contributed by atoms with Gasteiger partial charge in [-0.3, -0.25) is 0 Å². The number of para-hydroxylation sites is 1. The Hall–Kier alpha value is -0.990. The molecule has 0 heterocycles. The van der Waals surface area contributed by atoms with Crippen LogP contribution in [0.25, 0.3) is 0 Å². The van der Waals surface area contributed by atoms with E-state index in [1.165, 1.54) is 11.1 Å². The van der Waals surface area contributed by atoms with E-state index in [0.717, 1.165) is 24.2 Å². The van der Waals surface area contributed by atoms with Crippen molar-refractivity contribution in [2.45, 2.75) is 32.7 Å². The summed E-state index contributed by atoms with van der Waals surface area (Å²) in [5.41, 5.74) is 9.76. The Labute approximate surface area is 108 Å². The van der Waals surface area contributed by atoms with Gasteiger partial charge in [0.2, 0.25) is 0 Å². The van der Waals surface area contributed by atoms with E-state index in [1.807, 2.05) is 19.1 Å². The lowest BCUT2D eigenvalue weighted by Gasteiger charge is -2.15. The molecule has 94 valence electrons. The predicted octanol–water partition coefficient (Wildman–Crippen LogP) is 3.41. The molecule has 2 nitrogen and oxygen atoms in total. The molecule has 1 unspecified atom stereocenters. The van der Waals surface area contributed by atoms with E-state index in [1.54, 1.807) is 6.08 Å². The predicted molar refractivity (Wildman–Crippen MR) is 73.6 cm³/mol. The zero-order chi connectivity index (χ0) is 12.7. The molecule has 0 bridgehead atoms. The van der Waals surface area contributed by atoms with Crippen LogP contribution in [0.15, 0.2) is 29.8 Å². The summed E-state index contributed by atoms with van der Waals surface area (Å²) < 4.78 is 5.73. The Morgan fingerprint density at radius 3 is 2.88 bits per heavy atom. The smallest absolute Gasteiger partial charge is 0.125 e. The highest BCUT2D eigenvalue weighted by molar-refractivity contribution is 6.25. The number of nitrogens with two attached hydrogens (primary N) is 1. The molecule has 0 fully saturated rings. The van der Waals surface area contributed by atoms with Crippen molar-refractivity contribution in [2.24, 2.45) is 5.73 Å². The summed E-state index contributed by atoms with van der Waals surface area (Å²) in [6, 6.07) is 6.34. The highest BCUT2D eigenvalue weighted by Crippen LogP contribution is 2.24. The van der Waals surface area contributed by atoms with Crippen molar-refractivity contribution in [1.82, 2.24) is 0 Å². The van der Waals surface area contributed by atoms with Gasteiger partial charge in [-0.25, -0.2) is 0 Å². The molecule has 1 rings (SSSR count). The molecular weight excluding hydrogens is 234 g/mol. The largest absolute Gasteiger partial charge is 0.489 e. The summed E-state index contributed by atoms with van der Waals surface area (Å²) in [5.74, 6) is 0.936. The van der Waals surface area contributed by atoms with Crippen LogP contribution in [0.4, 0.5) is 0 Å². The van der Waals surface area contributed by atoms with Crippen molar-refractivity contribution in [1.29, 1.82) is 0 Å².